The van der Waals surface area contributed by atoms with Gasteiger partial charge in [-0.2, -0.15) is 0 Å². The molecule has 0 amide bonds. The monoisotopic (exact) mass is 414 g/mol. The standard InChI is InChI=1S/C29H50O/c1-18(2)19(3)8-9-20(4)23-12-13-25-22-10-11-24-21(5)27(30)15-17-29(24,7)26(22)14-16-28(23,25)6/h10,18-21,23-27,30H,8-9,11-17H2,1-7H3. The van der Waals surface area contributed by atoms with Gasteiger partial charge in [0.2, 0.25) is 0 Å². The largest absolute Gasteiger partial charge is 0.393 e. The lowest BCUT2D eigenvalue weighted by Crippen LogP contribution is -2.52. The van der Waals surface area contributed by atoms with E-state index < -0.39 is 0 Å². The molecular formula is C29H50O. The Morgan fingerprint density at radius 2 is 1.60 bits per heavy atom. The highest BCUT2D eigenvalue weighted by molar-refractivity contribution is 5.28. The van der Waals surface area contributed by atoms with Crippen LogP contribution in [0.2, 0.25) is 0 Å². The highest BCUT2D eigenvalue weighted by atomic mass is 16.3. The van der Waals surface area contributed by atoms with E-state index in [1.54, 1.807) is 0 Å². The molecule has 172 valence electrons. The summed E-state index contributed by atoms with van der Waals surface area (Å²) >= 11 is 0. The van der Waals surface area contributed by atoms with Crippen molar-refractivity contribution in [3.8, 4) is 0 Å². The summed E-state index contributed by atoms with van der Waals surface area (Å²) in [5.74, 6) is 6.25. The van der Waals surface area contributed by atoms with Crippen molar-refractivity contribution in [3.63, 3.8) is 0 Å². The van der Waals surface area contributed by atoms with Gasteiger partial charge in [-0.15, -0.1) is 0 Å². The summed E-state index contributed by atoms with van der Waals surface area (Å²) in [4.78, 5) is 0. The molecule has 0 saturated heterocycles. The molecule has 1 N–H and O–H groups in total. The van der Waals surface area contributed by atoms with E-state index in [4.69, 9.17) is 0 Å². The van der Waals surface area contributed by atoms with E-state index in [1.165, 1.54) is 51.4 Å². The van der Waals surface area contributed by atoms with E-state index >= 15 is 0 Å². The van der Waals surface area contributed by atoms with Gasteiger partial charge < -0.3 is 5.11 Å². The maximum atomic E-state index is 10.5. The Hall–Kier alpha value is -0.300. The molecule has 4 aliphatic rings. The Morgan fingerprint density at radius 1 is 0.933 bits per heavy atom. The van der Waals surface area contributed by atoms with E-state index in [9.17, 15) is 5.11 Å². The molecule has 1 nitrogen and oxygen atoms in total. The second-order valence-corrected chi connectivity index (χ2v) is 13.1. The molecule has 0 heterocycles. The summed E-state index contributed by atoms with van der Waals surface area (Å²) in [7, 11) is 0. The first-order valence-electron chi connectivity index (χ1n) is 13.5. The number of aliphatic hydroxyl groups excluding tert-OH is 1. The number of aliphatic hydroxyl groups is 1. The molecule has 0 bridgehead atoms. The van der Waals surface area contributed by atoms with Crippen molar-refractivity contribution in [2.75, 3.05) is 0 Å². The molecular weight excluding hydrogens is 364 g/mol. The molecule has 3 fully saturated rings. The van der Waals surface area contributed by atoms with Gasteiger partial charge in [-0.05, 0) is 103 Å². The normalized spacial score (nSPS) is 47.8. The predicted molar refractivity (Wildman–Crippen MR) is 128 cm³/mol. The Labute approximate surface area is 187 Å². The molecule has 10 atom stereocenters. The van der Waals surface area contributed by atoms with Crippen molar-refractivity contribution in [1.29, 1.82) is 0 Å². The third kappa shape index (κ3) is 3.54. The molecule has 4 rings (SSSR count). The maximum absolute atomic E-state index is 10.5. The lowest BCUT2D eigenvalue weighted by molar-refractivity contribution is -0.0774. The number of fused-ring (bicyclic) bond motifs is 5. The SMILES string of the molecule is CC(C)C(C)CCC(C)C1CCC2C3=CCC4C(C)C(O)CCC4(C)C3CCC21C. The molecule has 0 aromatic carbocycles. The summed E-state index contributed by atoms with van der Waals surface area (Å²) in [5.41, 5.74) is 2.84. The minimum atomic E-state index is -0.0724. The number of hydrogen-bond acceptors (Lipinski definition) is 1. The topological polar surface area (TPSA) is 20.2 Å². The number of hydrogen-bond donors (Lipinski definition) is 1. The minimum absolute atomic E-state index is 0.0724. The van der Waals surface area contributed by atoms with Crippen LogP contribution in [0, 0.1) is 58.2 Å². The zero-order valence-electron chi connectivity index (χ0n) is 21.1. The average molecular weight is 415 g/mol. The van der Waals surface area contributed by atoms with Crippen molar-refractivity contribution in [2.45, 2.75) is 112 Å². The Bertz CT molecular complexity index is 649. The predicted octanol–water partition coefficient (Wildman–Crippen LogP) is 7.88. The van der Waals surface area contributed by atoms with Crippen LogP contribution in [-0.2, 0) is 0 Å². The molecule has 4 aliphatic carbocycles. The van der Waals surface area contributed by atoms with Crippen molar-refractivity contribution in [2.24, 2.45) is 58.2 Å². The number of allylic oxidation sites excluding steroid dienone is 2. The third-order valence-corrected chi connectivity index (χ3v) is 11.6. The van der Waals surface area contributed by atoms with Gasteiger partial charge in [0.05, 0.1) is 6.10 Å². The van der Waals surface area contributed by atoms with Crippen molar-refractivity contribution in [1.82, 2.24) is 0 Å². The van der Waals surface area contributed by atoms with Crippen molar-refractivity contribution >= 4 is 0 Å². The van der Waals surface area contributed by atoms with E-state index in [-0.39, 0.29) is 6.10 Å². The Morgan fingerprint density at radius 3 is 2.30 bits per heavy atom. The Kier molecular flexibility index (Phi) is 6.28. The molecule has 0 spiro atoms. The minimum Gasteiger partial charge on any atom is -0.393 e. The molecule has 0 radical (unpaired) electrons. The fraction of sp³-hybridized carbons (Fsp3) is 0.931. The summed E-state index contributed by atoms with van der Waals surface area (Å²) in [6.45, 7) is 17.4. The smallest absolute Gasteiger partial charge is 0.0568 e. The van der Waals surface area contributed by atoms with Crippen LogP contribution < -0.4 is 0 Å². The van der Waals surface area contributed by atoms with Gasteiger partial charge in [-0.1, -0.05) is 73.0 Å². The first-order chi connectivity index (χ1) is 14.1. The van der Waals surface area contributed by atoms with Crippen LogP contribution in [0.3, 0.4) is 0 Å². The zero-order valence-corrected chi connectivity index (χ0v) is 21.1. The third-order valence-electron chi connectivity index (χ3n) is 11.6. The van der Waals surface area contributed by atoms with E-state index in [2.05, 4.69) is 54.5 Å². The van der Waals surface area contributed by atoms with Gasteiger partial charge in [0.25, 0.3) is 0 Å². The maximum Gasteiger partial charge on any atom is 0.0568 e. The van der Waals surface area contributed by atoms with Gasteiger partial charge >= 0.3 is 0 Å². The fourth-order valence-corrected chi connectivity index (χ4v) is 8.98. The van der Waals surface area contributed by atoms with Crippen LogP contribution in [-0.4, -0.2) is 11.2 Å². The van der Waals surface area contributed by atoms with Gasteiger partial charge in [-0.3, -0.25) is 0 Å². The van der Waals surface area contributed by atoms with Crippen LogP contribution in [0.25, 0.3) is 0 Å². The molecule has 0 aromatic rings. The second kappa shape index (κ2) is 8.24. The molecule has 1 heteroatoms. The van der Waals surface area contributed by atoms with E-state index in [1.807, 2.05) is 5.57 Å². The molecule has 3 saturated carbocycles. The van der Waals surface area contributed by atoms with Crippen molar-refractivity contribution < 1.29 is 5.11 Å². The molecule has 0 aromatic heterocycles. The van der Waals surface area contributed by atoms with Crippen LogP contribution in [0.4, 0.5) is 0 Å². The van der Waals surface area contributed by atoms with Crippen LogP contribution in [0.5, 0.6) is 0 Å². The zero-order chi connectivity index (χ0) is 21.8. The second-order valence-electron chi connectivity index (χ2n) is 13.1. The van der Waals surface area contributed by atoms with Crippen molar-refractivity contribution in [3.05, 3.63) is 11.6 Å². The van der Waals surface area contributed by atoms with Crippen LogP contribution in [0.15, 0.2) is 11.6 Å². The highest BCUT2D eigenvalue weighted by Crippen LogP contribution is 2.67. The first kappa shape index (κ1) is 22.9. The quantitative estimate of drug-likeness (QED) is 0.454. The lowest BCUT2D eigenvalue weighted by Gasteiger charge is -2.59. The summed E-state index contributed by atoms with van der Waals surface area (Å²) in [5, 5.41) is 10.5. The van der Waals surface area contributed by atoms with Gasteiger partial charge in [-0.25, -0.2) is 0 Å². The Balaban J connectivity index is 1.51. The lowest BCUT2D eigenvalue weighted by atomic mass is 9.46. The van der Waals surface area contributed by atoms with Gasteiger partial charge in [0, 0.05) is 0 Å². The van der Waals surface area contributed by atoms with Gasteiger partial charge in [0.1, 0.15) is 0 Å². The average Bonchev–Trinajstić information content (AvgIpc) is 3.06. The fourth-order valence-electron chi connectivity index (χ4n) is 8.98. The molecule has 0 aliphatic heterocycles. The summed E-state index contributed by atoms with van der Waals surface area (Å²) in [6.07, 6.45) is 14.7. The van der Waals surface area contributed by atoms with Crippen LogP contribution >= 0.6 is 0 Å². The first-order valence-corrected chi connectivity index (χ1v) is 13.5. The van der Waals surface area contributed by atoms with E-state index in [0.717, 1.165) is 41.9 Å². The van der Waals surface area contributed by atoms with Gasteiger partial charge in [0.15, 0.2) is 0 Å². The summed E-state index contributed by atoms with van der Waals surface area (Å²) < 4.78 is 0. The molecule has 30 heavy (non-hydrogen) atoms. The van der Waals surface area contributed by atoms with E-state index in [0.29, 0.717) is 22.7 Å². The van der Waals surface area contributed by atoms with Crippen LogP contribution in [0.1, 0.15) is 106 Å². The number of rotatable bonds is 5. The molecule has 10 unspecified atom stereocenters. The summed E-state index contributed by atoms with van der Waals surface area (Å²) in [6, 6.07) is 0. The highest BCUT2D eigenvalue weighted by Gasteiger charge is 2.59.